The summed E-state index contributed by atoms with van der Waals surface area (Å²) in [5.74, 6) is 1.74. The van der Waals surface area contributed by atoms with Crippen LogP contribution in [0.1, 0.15) is 17.5 Å². The Morgan fingerprint density at radius 1 is 1.27 bits per heavy atom. The van der Waals surface area contributed by atoms with Crippen LogP contribution in [0.3, 0.4) is 0 Å². The van der Waals surface area contributed by atoms with Crippen molar-refractivity contribution in [1.82, 2.24) is 5.32 Å². The molecule has 1 N–H and O–H groups in total. The minimum atomic E-state index is -3.52. The molecule has 0 unspecified atom stereocenters. The zero-order valence-electron chi connectivity index (χ0n) is 16.9. The highest BCUT2D eigenvalue weighted by molar-refractivity contribution is 7.98. The number of fused-ring (bicyclic) bond motifs is 1. The van der Waals surface area contributed by atoms with Crippen molar-refractivity contribution in [2.45, 2.75) is 25.2 Å². The van der Waals surface area contributed by atoms with E-state index < -0.39 is 16.1 Å². The van der Waals surface area contributed by atoms with E-state index in [0.29, 0.717) is 23.0 Å². The van der Waals surface area contributed by atoms with Gasteiger partial charge in [-0.05, 0) is 30.7 Å². The second-order valence-electron chi connectivity index (χ2n) is 7.17. The van der Waals surface area contributed by atoms with Crippen LogP contribution in [0.2, 0.25) is 5.02 Å². The van der Waals surface area contributed by atoms with Crippen LogP contribution in [0.15, 0.2) is 42.5 Å². The Hall–Kier alpha value is -1.90. The van der Waals surface area contributed by atoms with Gasteiger partial charge >= 0.3 is 0 Å². The highest BCUT2D eigenvalue weighted by Crippen LogP contribution is 2.36. The molecule has 6 nitrogen and oxygen atoms in total. The molecular formula is C21H25ClN2O4S2. The van der Waals surface area contributed by atoms with Crippen molar-refractivity contribution in [1.29, 1.82) is 0 Å². The lowest BCUT2D eigenvalue weighted by Gasteiger charge is -2.21. The third-order valence-electron chi connectivity index (χ3n) is 4.68. The van der Waals surface area contributed by atoms with Gasteiger partial charge in [0.1, 0.15) is 5.75 Å². The predicted octanol–water partition coefficient (Wildman–Crippen LogP) is 3.62. The van der Waals surface area contributed by atoms with Gasteiger partial charge in [-0.15, -0.1) is 0 Å². The van der Waals surface area contributed by atoms with Crippen molar-refractivity contribution in [2.24, 2.45) is 0 Å². The standard InChI is InChI=1S/C21H25ClN2O4S2/c1-15-3-5-16(6-4-15)14-29-12-10-23-21(25)20-9-11-24(30(2,26)27)18-13-17(22)7-8-19(18)28-20/h3-8,13,20H,9-12,14H2,1-2H3,(H,23,25)/t20-/m1/s1. The summed E-state index contributed by atoms with van der Waals surface area (Å²) in [6.45, 7) is 2.72. The van der Waals surface area contributed by atoms with Gasteiger partial charge in [-0.1, -0.05) is 41.4 Å². The highest BCUT2D eigenvalue weighted by atomic mass is 35.5. The molecule has 0 radical (unpaired) electrons. The largest absolute Gasteiger partial charge is 0.478 e. The molecule has 0 aromatic heterocycles. The molecule has 9 heteroatoms. The molecule has 1 aliphatic heterocycles. The summed E-state index contributed by atoms with van der Waals surface area (Å²) < 4.78 is 31.5. The highest BCUT2D eigenvalue weighted by Gasteiger charge is 2.31. The fraction of sp³-hybridized carbons (Fsp3) is 0.381. The quantitative estimate of drug-likeness (QED) is 0.628. The molecule has 0 saturated carbocycles. The van der Waals surface area contributed by atoms with Crippen LogP contribution in [-0.2, 0) is 20.6 Å². The lowest BCUT2D eigenvalue weighted by molar-refractivity contribution is -0.127. The number of rotatable bonds is 7. The van der Waals surface area contributed by atoms with Crippen LogP contribution in [0.5, 0.6) is 5.75 Å². The number of benzene rings is 2. The SMILES string of the molecule is Cc1ccc(CSCCNC(=O)[C@H]2CCN(S(C)(=O)=O)c3cc(Cl)ccc3O2)cc1. The molecule has 3 rings (SSSR count). The molecule has 2 aromatic carbocycles. The van der Waals surface area contributed by atoms with Crippen LogP contribution in [0.4, 0.5) is 5.69 Å². The Labute approximate surface area is 187 Å². The average Bonchev–Trinajstić information content (AvgIpc) is 2.88. The normalized spacial score (nSPS) is 16.4. The predicted molar refractivity (Wildman–Crippen MR) is 123 cm³/mol. The van der Waals surface area contributed by atoms with Gasteiger partial charge < -0.3 is 10.1 Å². The van der Waals surface area contributed by atoms with E-state index in [1.165, 1.54) is 15.4 Å². The van der Waals surface area contributed by atoms with Crippen LogP contribution in [0, 0.1) is 6.92 Å². The maximum absolute atomic E-state index is 12.6. The Morgan fingerprint density at radius 3 is 2.70 bits per heavy atom. The van der Waals surface area contributed by atoms with E-state index in [0.717, 1.165) is 17.8 Å². The molecule has 30 heavy (non-hydrogen) atoms. The third kappa shape index (κ3) is 6.06. The first-order valence-corrected chi connectivity index (χ1v) is 13.0. The number of ether oxygens (including phenoxy) is 1. The fourth-order valence-electron chi connectivity index (χ4n) is 3.12. The zero-order valence-corrected chi connectivity index (χ0v) is 19.3. The third-order valence-corrected chi connectivity index (χ3v) is 7.13. The number of thioether (sulfide) groups is 1. The first-order valence-electron chi connectivity index (χ1n) is 9.59. The first kappa shape index (κ1) is 22.8. The molecular weight excluding hydrogens is 444 g/mol. The van der Waals surface area contributed by atoms with Crippen LogP contribution < -0.4 is 14.4 Å². The van der Waals surface area contributed by atoms with Crippen molar-refractivity contribution in [2.75, 3.05) is 29.4 Å². The second kappa shape index (κ2) is 9.94. The van der Waals surface area contributed by atoms with E-state index in [1.807, 2.05) is 0 Å². The van der Waals surface area contributed by atoms with Gasteiger partial charge in [0.15, 0.2) is 6.10 Å². The summed E-state index contributed by atoms with van der Waals surface area (Å²) in [6, 6.07) is 13.1. The topological polar surface area (TPSA) is 75.7 Å². The minimum absolute atomic E-state index is 0.145. The van der Waals surface area contributed by atoms with Gasteiger partial charge in [0.05, 0.1) is 11.9 Å². The van der Waals surface area contributed by atoms with Crippen molar-refractivity contribution in [3.8, 4) is 5.75 Å². The van der Waals surface area contributed by atoms with Crippen molar-refractivity contribution < 1.29 is 17.9 Å². The Balaban J connectivity index is 1.55. The number of nitrogens with one attached hydrogen (secondary N) is 1. The van der Waals surface area contributed by atoms with Gasteiger partial charge in [-0.25, -0.2) is 8.42 Å². The van der Waals surface area contributed by atoms with E-state index in [4.69, 9.17) is 16.3 Å². The maximum atomic E-state index is 12.6. The van der Waals surface area contributed by atoms with Gasteiger partial charge in [0.2, 0.25) is 10.0 Å². The number of carbonyl (C=O) groups excluding carboxylic acids is 1. The molecule has 1 heterocycles. The molecule has 1 atom stereocenters. The number of sulfonamides is 1. The number of anilines is 1. The Bertz CT molecular complexity index is 997. The Morgan fingerprint density at radius 2 is 2.00 bits per heavy atom. The van der Waals surface area contributed by atoms with E-state index in [-0.39, 0.29) is 18.9 Å². The monoisotopic (exact) mass is 468 g/mol. The van der Waals surface area contributed by atoms with Crippen LogP contribution >= 0.6 is 23.4 Å². The molecule has 0 spiro atoms. The number of aryl methyl sites for hydroxylation is 1. The zero-order chi connectivity index (χ0) is 21.7. The number of hydrogen-bond acceptors (Lipinski definition) is 5. The van der Waals surface area contributed by atoms with E-state index in [2.05, 4.69) is 36.5 Å². The Kier molecular flexibility index (Phi) is 7.55. The van der Waals surface area contributed by atoms with E-state index in [9.17, 15) is 13.2 Å². The number of amides is 1. The lowest BCUT2D eigenvalue weighted by Crippen LogP contribution is -2.40. The van der Waals surface area contributed by atoms with Gasteiger partial charge in [0.25, 0.3) is 5.91 Å². The molecule has 162 valence electrons. The lowest BCUT2D eigenvalue weighted by atomic mass is 10.2. The van der Waals surface area contributed by atoms with E-state index >= 15 is 0 Å². The van der Waals surface area contributed by atoms with E-state index in [1.54, 1.807) is 30.0 Å². The summed E-state index contributed by atoms with van der Waals surface area (Å²) in [5.41, 5.74) is 2.84. The molecule has 1 aliphatic rings. The molecule has 2 aromatic rings. The van der Waals surface area contributed by atoms with Crippen molar-refractivity contribution >= 4 is 45.0 Å². The summed E-state index contributed by atoms with van der Waals surface area (Å²) in [7, 11) is -3.52. The number of hydrogen-bond donors (Lipinski definition) is 1. The van der Waals surface area contributed by atoms with Gasteiger partial charge in [-0.2, -0.15) is 11.8 Å². The van der Waals surface area contributed by atoms with Crippen LogP contribution in [-0.4, -0.2) is 45.5 Å². The molecule has 0 saturated heterocycles. The summed E-state index contributed by atoms with van der Waals surface area (Å²) in [4.78, 5) is 12.6. The molecule has 0 fully saturated rings. The first-order chi connectivity index (χ1) is 14.2. The van der Waals surface area contributed by atoms with Gasteiger partial charge in [0, 0.05) is 36.0 Å². The molecule has 1 amide bonds. The maximum Gasteiger partial charge on any atom is 0.261 e. The number of carbonyl (C=O) groups is 1. The summed E-state index contributed by atoms with van der Waals surface area (Å²) in [5, 5.41) is 3.29. The number of halogens is 1. The summed E-state index contributed by atoms with van der Waals surface area (Å²) >= 11 is 7.78. The smallest absolute Gasteiger partial charge is 0.261 e. The van der Waals surface area contributed by atoms with Crippen molar-refractivity contribution in [3.05, 3.63) is 58.6 Å². The molecule has 0 bridgehead atoms. The summed E-state index contributed by atoms with van der Waals surface area (Å²) in [6.07, 6.45) is 0.615. The average molecular weight is 469 g/mol. The van der Waals surface area contributed by atoms with Crippen molar-refractivity contribution in [3.63, 3.8) is 0 Å². The second-order valence-corrected chi connectivity index (χ2v) is 10.6. The minimum Gasteiger partial charge on any atom is -0.478 e. The fourth-order valence-corrected chi connectivity index (χ4v) is 5.04. The number of nitrogens with zero attached hydrogens (tertiary/aromatic N) is 1. The molecule has 0 aliphatic carbocycles. The van der Waals surface area contributed by atoms with Gasteiger partial charge in [-0.3, -0.25) is 9.10 Å². The van der Waals surface area contributed by atoms with Crippen LogP contribution in [0.25, 0.3) is 0 Å².